The third-order valence-electron chi connectivity index (χ3n) is 3.16. The van der Waals surface area contributed by atoms with Gasteiger partial charge in [-0.2, -0.15) is 0 Å². The van der Waals surface area contributed by atoms with Gasteiger partial charge in [-0.25, -0.2) is 4.98 Å². The predicted octanol–water partition coefficient (Wildman–Crippen LogP) is 1.04. The van der Waals surface area contributed by atoms with Crippen molar-refractivity contribution >= 4 is 5.82 Å². The zero-order chi connectivity index (χ0) is 10.7. The van der Waals surface area contributed by atoms with Crippen LogP contribution in [0.3, 0.4) is 0 Å². The standard InChI is InChI=1S/C11H18N4/c1-9-2-3-10(6-12)8-15(9)11-7-13-4-5-14-11/h4-5,7,9-10H,2-3,6,8,12H2,1H3. The molecule has 0 aliphatic carbocycles. The van der Waals surface area contributed by atoms with Crippen LogP contribution in [0.5, 0.6) is 0 Å². The quantitative estimate of drug-likeness (QED) is 0.785. The summed E-state index contributed by atoms with van der Waals surface area (Å²) in [7, 11) is 0. The fraction of sp³-hybridized carbons (Fsp3) is 0.636. The van der Waals surface area contributed by atoms with Crippen LogP contribution in [0.15, 0.2) is 18.6 Å². The maximum absolute atomic E-state index is 5.73. The van der Waals surface area contributed by atoms with Gasteiger partial charge in [0.25, 0.3) is 0 Å². The van der Waals surface area contributed by atoms with E-state index in [4.69, 9.17) is 5.73 Å². The van der Waals surface area contributed by atoms with Crippen molar-refractivity contribution in [2.24, 2.45) is 11.7 Å². The number of nitrogens with zero attached hydrogens (tertiary/aromatic N) is 3. The Kier molecular flexibility index (Phi) is 3.16. The second kappa shape index (κ2) is 4.57. The molecule has 2 unspecified atom stereocenters. The van der Waals surface area contributed by atoms with Crippen LogP contribution in [0.2, 0.25) is 0 Å². The first-order valence-electron chi connectivity index (χ1n) is 5.54. The molecular formula is C11H18N4. The summed E-state index contributed by atoms with van der Waals surface area (Å²) in [6.45, 7) is 4.02. The van der Waals surface area contributed by atoms with Crippen molar-refractivity contribution in [1.82, 2.24) is 9.97 Å². The van der Waals surface area contributed by atoms with E-state index in [1.165, 1.54) is 12.8 Å². The van der Waals surface area contributed by atoms with E-state index < -0.39 is 0 Å². The van der Waals surface area contributed by atoms with Crippen LogP contribution in [0.4, 0.5) is 5.82 Å². The molecule has 1 aromatic heterocycles. The first kappa shape index (κ1) is 10.4. The van der Waals surface area contributed by atoms with Crippen molar-refractivity contribution in [2.75, 3.05) is 18.0 Å². The highest BCUT2D eigenvalue weighted by molar-refractivity contribution is 5.37. The Balaban J connectivity index is 2.13. The number of hydrogen-bond acceptors (Lipinski definition) is 4. The summed E-state index contributed by atoms with van der Waals surface area (Å²) in [5.74, 6) is 1.58. The van der Waals surface area contributed by atoms with Crippen molar-refractivity contribution in [2.45, 2.75) is 25.8 Å². The Morgan fingerprint density at radius 3 is 3.00 bits per heavy atom. The van der Waals surface area contributed by atoms with E-state index in [2.05, 4.69) is 21.8 Å². The SMILES string of the molecule is CC1CCC(CN)CN1c1cnccn1. The van der Waals surface area contributed by atoms with Crippen molar-refractivity contribution in [3.63, 3.8) is 0 Å². The molecule has 2 atom stereocenters. The van der Waals surface area contributed by atoms with Crippen molar-refractivity contribution in [3.05, 3.63) is 18.6 Å². The largest absolute Gasteiger partial charge is 0.352 e. The minimum Gasteiger partial charge on any atom is -0.352 e. The van der Waals surface area contributed by atoms with Gasteiger partial charge in [0.15, 0.2) is 0 Å². The molecule has 1 aliphatic heterocycles. The Hall–Kier alpha value is -1.16. The molecule has 4 nitrogen and oxygen atoms in total. The summed E-state index contributed by atoms with van der Waals surface area (Å²) in [5, 5.41) is 0. The number of nitrogens with two attached hydrogens (primary N) is 1. The molecule has 0 saturated carbocycles. The van der Waals surface area contributed by atoms with Gasteiger partial charge in [-0.05, 0) is 32.2 Å². The van der Waals surface area contributed by atoms with Gasteiger partial charge in [-0.3, -0.25) is 4.98 Å². The molecule has 0 aromatic carbocycles. The highest BCUT2D eigenvalue weighted by Gasteiger charge is 2.25. The Bertz CT molecular complexity index is 301. The van der Waals surface area contributed by atoms with Crippen LogP contribution in [0.1, 0.15) is 19.8 Å². The van der Waals surface area contributed by atoms with Crippen LogP contribution >= 0.6 is 0 Å². The van der Waals surface area contributed by atoms with E-state index in [9.17, 15) is 0 Å². The second-order valence-electron chi connectivity index (χ2n) is 4.24. The molecule has 1 aliphatic rings. The molecular weight excluding hydrogens is 188 g/mol. The summed E-state index contributed by atoms with van der Waals surface area (Å²) < 4.78 is 0. The third kappa shape index (κ3) is 2.26. The fourth-order valence-electron chi connectivity index (χ4n) is 2.13. The monoisotopic (exact) mass is 206 g/mol. The van der Waals surface area contributed by atoms with E-state index in [1.54, 1.807) is 12.4 Å². The fourth-order valence-corrected chi connectivity index (χ4v) is 2.13. The van der Waals surface area contributed by atoms with Gasteiger partial charge in [-0.1, -0.05) is 0 Å². The summed E-state index contributed by atoms with van der Waals surface area (Å²) in [5.41, 5.74) is 5.73. The topological polar surface area (TPSA) is 55.0 Å². The smallest absolute Gasteiger partial charge is 0.147 e. The van der Waals surface area contributed by atoms with Crippen LogP contribution < -0.4 is 10.6 Å². The van der Waals surface area contributed by atoms with Gasteiger partial charge in [0.2, 0.25) is 0 Å². The number of piperidine rings is 1. The van der Waals surface area contributed by atoms with Crippen LogP contribution in [0.25, 0.3) is 0 Å². The molecule has 1 fully saturated rings. The van der Waals surface area contributed by atoms with Gasteiger partial charge in [0, 0.05) is 25.0 Å². The lowest BCUT2D eigenvalue weighted by molar-refractivity contribution is 0.371. The van der Waals surface area contributed by atoms with E-state index in [-0.39, 0.29) is 0 Å². The molecule has 0 radical (unpaired) electrons. The van der Waals surface area contributed by atoms with Crippen molar-refractivity contribution < 1.29 is 0 Å². The number of aromatic nitrogens is 2. The van der Waals surface area contributed by atoms with Gasteiger partial charge >= 0.3 is 0 Å². The number of hydrogen-bond donors (Lipinski definition) is 1. The molecule has 1 aromatic rings. The number of anilines is 1. The first-order chi connectivity index (χ1) is 7.31. The minimum absolute atomic E-state index is 0.546. The van der Waals surface area contributed by atoms with Gasteiger partial charge in [0.05, 0.1) is 6.20 Å². The molecule has 0 amide bonds. The maximum Gasteiger partial charge on any atom is 0.147 e. The normalized spacial score (nSPS) is 26.7. The molecule has 2 heterocycles. The van der Waals surface area contributed by atoms with Gasteiger partial charge in [0.1, 0.15) is 5.82 Å². The average molecular weight is 206 g/mol. The minimum atomic E-state index is 0.546. The molecule has 0 spiro atoms. The molecule has 1 saturated heterocycles. The van der Waals surface area contributed by atoms with Crippen LogP contribution in [0, 0.1) is 5.92 Å². The molecule has 2 N–H and O–H groups in total. The van der Waals surface area contributed by atoms with E-state index in [0.717, 1.165) is 18.9 Å². The first-order valence-corrected chi connectivity index (χ1v) is 5.54. The second-order valence-corrected chi connectivity index (χ2v) is 4.24. The zero-order valence-electron chi connectivity index (χ0n) is 9.13. The van der Waals surface area contributed by atoms with Crippen molar-refractivity contribution in [1.29, 1.82) is 0 Å². The third-order valence-corrected chi connectivity index (χ3v) is 3.16. The van der Waals surface area contributed by atoms with Crippen LogP contribution in [-0.2, 0) is 0 Å². The summed E-state index contributed by atoms with van der Waals surface area (Å²) in [6.07, 6.45) is 7.70. The maximum atomic E-state index is 5.73. The Morgan fingerprint density at radius 1 is 1.47 bits per heavy atom. The average Bonchev–Trinajstić information content (AvgIpc) is 2.31. The van der Waals surface area contributed by atoms with Gasteiger partial charge < -0.3 is 10.6 Å². The lowest BCUT2D eigenvalue weighted by atomic mass is 9.94. The lowest BCUT2D eigenvalue weighted by Crippen LogP contribution is -2.44. The number of rotatable bonds is 2. The Morgan fingerprint density at radius 2 is 2.33 bits per heavy atom. The van der Waals surface area contributed by atoms with E-state index in [1.807, 2.05) is 6.20 Å². The molecule has 0 bridgehead atoms. The molecule has 82 valence electrons. The summed E-state index contributed by atoms with van der Waals surface area (Å²) in [4.78, 5) is 10.8. The summed E-state index contributed by atoms with van der Waals surface area (Å²) >= 11 is 0. The summed E-state index contributed by atoms with van der Waals surface area (Å²) in [6, 6.07) is 0.546. The molecule has 4 heteroatoms. The Labute approximate surface area is 90.5 Å². The predicted molar refractivity (Wildman–Crippen MR) is 60.6 cm³/mol. The van der Waals surface area contributed by atoms with Crippen molar-refractivity contribution in [3.8, 4) is 0 Å². The van der Waals surface area contributed by atoms with E-state index >= 15 is 0 Å². The van der Waals surface area contributed by atoms with Crippen LogP contribution in [-0.4, -0.2) is 29.1 Å². The zero-order valence-corrected chi connectivity index (χ0v) is 9.13. The van der Waals surface area contributed by atoms with Gasteiger partial charge in [-0.15, -0.1) is 0 Å². The highest BCUT2D eigenvalue weighted by Crippen LogP contribution is 2.24. The molecule has 2 rings (SSSR count). The lowest BCUT2D eigenvalue weighted by Gasteiger charge is -2.38. The molecule has 15 heavy (non-hydrogen) atoms. The van der Waals surface area contributed by atoms with E-state index in [0.29, 0.717) is 12.0 Å². The highest BCUT2D eigenvalue weighted by atomic mass is 15.2.